The number of hydrogen-bond acceptors (Lipinski definition) is 7. The fourth-order valence-electron chi connectivity index (χ4n) is 5.24. The Labute approximate surface area is 294 Å². The first-order valence-corrected chi connectivity index (χ1v) is 17.7. The predicted octanol–water partition coefficient (Wildman–Crippen LogP) is 8.20. The second-order valence-electron chi connectivity index (χ2n) is 10.4. The molecule has 0 radical (unpaired) electrons. The molecular weight excluding hydrogens is 695 g/mol. The molecule has 0 bridgehead atoms. The molecule has 0 aliphatic carbocycles. The lowest BCUT2D eigenvalue weighted by Crippen LogP contribution is -2.40. The SMILES string of the molecule is CCOC(=O)C1=C(c2ccccc2)N=c2s/c(=C\c3cc(Cl)ccc3OCc3ccc(Cl)c(Cl)c3)c(=O)n2[C@H]1c1ccc(SC)cc1. The second-order valence-corrected chi connectivity index (χ2v) is 13.6. The van der Waals surface area contributed by atoms with E-state index in [1.54, 1.807) is 59.7 Å². The Morgan fingerprint density at radius 1 is 0.979 bits per heavy atom. The number of fused-ring (bicyclic) bond motifs is 1. The summed E-state index contributed by atoms with van der Waals surface area (Å²) >= 11 is 21.5. The molecule has 6 rings (SSSR count). The van der Waals surface area contributed by atoms with Gasteiger partial charge in [-0.1, -0.05) is 94.7 Å². The highest BCUT2D eigenvalue weighted by Crippen LogP contribution is 2.36. The number of benzene rings is 4. The largest absolute Gasteiger partial charge is 0.488 e. The van der Waals surface area contributed by atoms with Crippen molar-refractivity contribution in [1.29, 1.82) is 0 Å². The molecule has 0 unspecified atom stereocenters. The summed E-state index contributed by atoms with van der Waals surface area (Å²) in [4.78, 5) is 34.5. The molecule has 2 heterocycles. The summed E-state index contributed by atoms with van der Waals surface area (Å²) in [5, 5.41) is 1.37. The topological polar surface area (TPSA) is 69.9 Å². The summed E-state index contributed by atoms with van der Waals surface area (Å²) in [5.41, 5.74) is 3.38. The third-order valence-electron chi connectivity index (χ3n) is 7.44. The van der Waals surface area contributed by atoms with E-state index in [1.165, 1.54) is 11.3 Å². The van der Waals surface area contributed by atoms with E-state index < -0.39 is 12.0 Å². The average Bonchev–Trinajstić information content (AvgIpc) is 3.39. The van der Waals surface area contributed by atoms with Crippen molar-refractivity contribution in [3.63, 3.8) is 0 Å². The molecule has 0 saturated heterocycles. The highest BCUT2D eigenvalue weighted by Gasteiger charge is 2.35. The van der Waals surface area contributed by atoms with Gasteiger partial charge < -0.3 is 9.47 Å². The van der Waals surface area contributed by atoms with Gasteiger partial charge >= 0.3 is 5.97 Å². The number of carbonyl (C=O) groups is 1. The van der Waals surface area contributed by atoms with Crippen molar-refractivity contribution in [2.24, 2.45) is 4.99 Å². The van der Waals surface area contributed by atoms with E-state index in [4.69, 9.17) is 49.3 Å². The normalized spacial score (nSPS) is 14.5. The van der Waals surface area contributed by atoms with Crippen LogP contribution in [0.25, 0.3) is 11.8 Å². The van der Waals surface area contributed by atoms with Crippen LogP contribution >= 0.6 is 57.9 Å². The molecule has 1 aliphatic heterocycles. The maximum Gasteiger partial charge on any atom is 0.338 e. The van der Waals surface area contributed by atoms with Gasteiger partial charge in [-0.2, -0.15) is 0 Å². The minimum atomic E-state index is -0.775. The molecule has 1 atom stereocenters. The highest BCUT2D eigenvalue weighted by atomic mass is 35.5. The van der Waals surface area contributed by atoms with Gasteiger partial charge in [0.1, 0.15) is 12.4 Å². The zero-order valence-corrected chi connectivity index (χ0v) is 29.1. The van der Waals surface area contributed by atoms with Gasteiger partial charge in [0.2, 0.25) is 0 Å². The molecular formula is C36H27Cl3N2O4S2. The molecule has 1 aromatic heterocycles. The second kappa shape index (κ2) is 14.5. The van der Waals surface area contributed by atoms with Crippen LogP contribution in [0.5, 0.6) is 5.75 Å². The number of aromatic nitrogens is 1. The van der Waals surface area contributed by atoms with Crippen molar-refractivity contribution >= 4 is 75.6 Å². The highest BCUT2D eigenvalue weighted by molar-refractivity contribution is 7.98. The van der Waals surface area contributed by atoms with Crippen molar-refractivity contribution in [3.8, 4) is 5.75 Å². The Morgan fingerprint density at radius 3 is 2.45 bits per heavy atom. The zero-order valence-electron chi connectivity index (χ0n) is 25.2. The smallest absolute Gasteiger partial charge is 0.338 e. The lowest BCUT2D eigenvalue weighted by molar-refractivity contribution is -0.138. The van der Waals surface area contributed by atoms with Crippen molar-refractivity contribution in [2.75, 3.05) is 12.9 Å². The molecule has 0 amide bonds. The molecule has 5 aromatic rings. The van der Waals surface area contributed by atoms with Crippen LogP contribution in [-0.2, 0) is 16.1 Å². The van der Waals surface area contributed by atoms with Gasteiger partial charge in [0, 0.05) is 21.0 Å². The summed E-state index contributed by atoms with van der Waals surface area (Å²) in [6.45, 7) is 2.15. The van der Waals surface area contributed by atoms with Crippen LogP contribution < -0.4 is 19.6 Å². The third-order valence-corrected chi connectivity index (χ3v) is 10.1. The molecule has 47 heavy (non-hydrogen) atoms. The average molecular weight is 722 g/mol. The molecule has 6 nitrogen and oxygen atoms in total. The van der Waals surface area contributed by atoms with Gasteiger partial charge in [-0.15, -0.1) is 11.8 Å². The monoisotopic (exact) mass is 720 g/mol. The minimum absolute atomic E-state index is 0.173. The number of carbonyl (C=O) groups excluding carboxylic acids is 1. The number of esters is 1. The van der Waals surface area contributed by atoms with E-state index in [0.717, 1.165) is 21.6 Å². The fourth-order valence-corrected chi connectivity index (χ4v) is 7.14. The number of thioether (sulfide) groups is 1. The Kier molecular flexibility index (Phi) is 10.2. The van der Waals surface area contributed by atoms with Gasteiger partial charge in [0.05, 0.1) is 38.5 Å². The summed E-state index contributed by atoms with van der Waals surface area (Å²) < 4.78 is 13.7. The number of hydrogen-bond donors (Lipinski definition) is 0. The van der Waals surface area contributed by atoms with Crippen LogP contribution in [0.3, 0.4) is 0 Å². The molecule has 1 aliphatic rings. The lowest BCUT2D eigenvalue weighted by Gasteiger charge is -2.26. The van der Waals surface area contributed by atoms with E-state index in [2.05, 4.69) is 0 Å². The summed E-state index contributed by atoms with van der Waals surface area (Å²) in [6.07, 6.45) is 3.73. The first-order chi connectivity index (χ1) is 22.8. The molecule has 0 fully saturated rings. The minimum Gasteiger partial charge on any atom is -0.488 e. The standard InChI is InChI=1S/C36H27Cl3N2O4S2/c1-3-44-35(43)31-32(22-7-5-4-6-8-22)40-36-41(33(31)23-10-13-26(46-2)14-11-23)34(42)30(47-36)19-24-18-25(37)12-16-29(24)45-20-21-9-15-27(38)28(39)17-21/h4-19,33H,3,20H2,1-2H3/b30-19-/t33-/m0/s1. The Balaban J connectivity index is 1.52. The van der Waals surface area contributed by atoms with Gasteiger partial charge in [-0.05, 0) is 72.8 Å². The molecule has 238 valence electrons. The van der Waals surface area contributed by atoms with E-state index in [9.17, 15) is 9.59 Å². The maximum absolute atomic E-state index is 14.3. The molecule has 0 saturated carbocycles. The fraction of sp³-hybridized carbons (Fsp3) is 0.139. The number of thiazole rings is 1. The molecule has 0 spiro atoms. The van der Waals surface area contributed by atoms with Crippen LogP contribution in [-0.4, -0.2) is 23.4 Å². The summed E-state index contributed by atoms with van der Waals surface area (Å²) in [5.74, 6) is -0.0103. The Bertz CT molecular complexity index is 2180. The summed E-state index contributed by atoms with van der Waals surface area (Å²) in [7, 11) is 0. The lowest BCUT2D eigenvalue weighted by atomic mass is 9.93. The predicted molar refractivity (Wildman–Crippen MR) is 192 cm³/mol. The number of ether oxygens (including phenoxy) is 2. The maximum atomic E-state index is 14.3. The van der Waals surface area contributed by atoms with E-state index in [0.29, 0.717) is 47.0 Å². The molecule has 0 N–H and O–H groups in total. The first-order valence-electron chi connectivity index (χ1n) is 14.6. The number of nitrogens with zero attached hydrogens (tertiary/aromatic N) is 2. The number of rotatable bonds is 9. The van der Waals surface area contributed by atoms with Crippen molar-refractivity contribution in [3.05, 3.63) is 154 Å². The van der Waals surface area contributed by atoms with Crippen molar-refractivity contribution < 1.29 is 14.3 Å². The van der Waals surface area contributed by atoms with Gasteiger partial charge in [-0.25, -0.2) is 9.79 Å². The van der Waals surface area contributed by atoms with Crippen molar-refractivity contribution in [2.45, 2.75) is 24.5 Å². The van der Waals surface area contributed by atoms with E-state index >= 15 is 0 Å². The third kappa shape index (κ3) is 7.08. The van der Waals surface area contributed by atoms with Crippen LogP contribution in [0.15, 0.2) is 111 Å². The van der Waals surface area contributed by atoms with Crippen LogP contribution in [0.4, 0.5) is 0 Å². The van der Waals surface area contributed by atoms with Gasteiger partial charge in [0.25, 0.3) is 5.56 Å². The summed E-state index contributed by atoms with van der Waals surface area (Å²) in [6, 6.07) is 27.0. The van der Waals surface area contributed by atoms with Gasteiger partial charge in [0.15, 0.2) is 4.80 Å². The Morgan fingerprint density at radius 2 is 1.74 bits per heavy atom. The number of halogens is 3. The van der Waals surface area contributed by atoms with Crippen molar-refractivity contribution in [1.82, 2.24) is 4.57 Å². The molecule has 11 heteroatoms. The quantitative estimate of drug-likeness (QED) is 0.113. The zero-order chi connectivity index (χ0) is 33.1. The van der Waals surface area contributed by atoms with Crippen LogP contribution in [0, 0.1) is 0 Å². The van der Waals surface area contributed by atoms with E-state index in [-0.39, 0.29) is 18.8 Å². The first kappa shape index (κ1) is 33.1. The Hall–Kier alpha value is -3.79. The van der Waals surface area contributed by atoms with Crippen LogP contribution in [0.1, 0.15) is 35.2 Å². The molecule has 4 aromatic carbocycles. The van der Waals surface area contributed by atoms with E-state index in [1.807, 2.05) is 66.9 Å². The van der Waals surface area contributed by atoms with Crippen LogP contribution in [0.2, 0.25) is 15.1 Å². The van der Waals surface area contributed by atoms with Gasteiger partial charge in [-0.3, -0.25) is 9.36 Å².